The van der Waals surface area contributed by atoms with E-state index in [1.54, 1.807) is 18.2 Å². The van der Waals surface area contributed by atoms with Crippen LogP contribution in [0, 0.1) is 11.6 Å². The number of ether oxygens (including phenoxy) is 1. The summed E-state index contributed by atoms with van der Waals surface area (Å²) in [6.07, 6.45) is -7.37. The third kappa shape index (κ3) is 4.33. The molecule has 2 aromatic carbocycles. The van der Waals surface area contributed by atoms with Crippen LogP contribution in [0.5, 0.6) is 0 Å². The lowest BCUT2D eigenvalue weighted by Crippen LogP contribution is -2.61. The van der Waals surface area contributed by atoms with Gasteiger partial charge in [-0.15, -0.1) is 0 Å². The Labute approximate surface area is 149 Å². The molecule has 0 fully saturated rings. The maximum absolute atomic E-state index is 13.6. The number of hydrogen-bond acceptors (Lipinski definition) is 3. The molecule has 0 heterocycles. The number of rotatable bonds is 5. The number of benzene rings is 2. The number of carboxylic acid groups (broad SMARTS) is 1. The highest BCUT2D eigenvalue weighted by molar-refractivity contribution is 5.87. The molecule has 10 heteroatoms. The molecule has 0 bridgehead atoms. The van der Waals surface area contributed by atoms with Crippen molar-refractivity contribution in [1.29, 1.82) is 0 Å². The summed E-state index contributed by atoms with van der Waals surface area (Å²) in [5.41, 5.74) is -5.03. The van der Waals surface area contributed by atoms with Gasteiger partial charge in [0.2, 0.25) is 0 Å². The molecule has 0 saturated heterocycles. The first kappa shape index (κ1) is 20.1. The lowest BCUT2D eigenvalue weighted by molar-refractivity contribution is -0.211. The Bertz CT molecular complexity index is 821. The number of alkyl carbamates (subject to hydrolysis) is 1. The number of hydrogen-bond donors (Lipinski definition) is 2. The highest BCUT2D eigenvalue weighted by atomic mass is 19.4. The Hall–Kier alpha value is -3.17. The van der Waals surface area contributed by atoms with Crippen molar-refractivity contribution in [2.45, 2.75) is 18.3 Å². The minimum absolute atomic E-state index is 0.169. The second-order valence-corrected chi connectivity index (χ2v) is 5.40. The Morgan fingerprint density at radius 2 is 1.56 bits per heavy atom. The van der Waals surface area contributed by atoms with E-state index in [9.17, 15) is 36.6 Å². The second kappa shape index (κ2) is 7.60. The summed E-state index contributed by atoms with van der Waals surface area (Å²) in [4.78, 5) is 23.3. The molecule has 2 N–H and O–H groups in total. The maximum atomic E-state index is 13.6. The Kier molecular flexibility index (Phi) is 5.67. The number of carbonyl (C=O) groups excluding carboxylic acids is 1. The van der Waals surface area contributed by atoms with Gasteiger partial charge in [0.25, 0.3) is 5.54 Å². The van der Waals surface area contributed by atoms with Gasteiger partial charge in [0.1, 0.15) is 18.2 Å². The van der Waals surface area contributed by atoms with Crippen LogP contribution in [0.2, 0.25) is 0 Å². The van der Waals surface area contributed by atoms with E-state index in [1.807, 2.05) is 0 Å². The van der Waals surface area contributed by atoms with Gasteiger partial charge in [-0.1, -0.05) is 30.3 Å². The SMILES string of the molecule is O=C(NC(C(=O)O)(c1cc(F)cc(F)c1)C(F)(F)F)OCc1ccccc1. The molecule has 2 aromatic rings. The minimum Gasteiger partial charge on any atom is -0.479 e. The van der Waals surface area contributed by atoms with Gasteiger partial charge in [-0.2, -0.15) is 13.2 Å². The van der Waals surface area contributed by atoms with E-state index in [4.69, 9.17) is 0 Å². The third-order valence-corrected chi connectivity index (χ3v) is 3.54. The quantitative estimate of drug-likeness (QED) is 0.764. The fraction of sp³-hybridized carbons (Fsp3) is 0.176. The molecule has 27 heavy (non-hydrogen) atoms. The molecule has 1 atom stereocenters. The Balaban J connectivity index is 2.38. The van der Waals surface area contributed by atoms with Gasteiger partial charge in [0.05, 0.1) is 0 Å². The van der Waals surface area contributed by atoms with Crippen LogP contribution in [-0.2, 0) is 21.7 Å². The summed E-state index contributed by atoms with van der Waals surface area (Å²) in [5.74, 6) is -5.48. The Morgan fingerprint density at radius 3 is 2.04 bits per heavy atom. The number of nitrogens with one attached hydrogen (secondary N) is 1. The summed E-state index contributed by atoms with van der Waals surface area (Å²) in [6.45, 7) is -0.447. The molecule has 1 amide bonds. The van der Waals surface area contributed by atoms with Crippen LogP contribution in [0.1, 0.15) is 11.1 Å². The van der Waals surface area contributed by atoms with E-state index in [0.29, 0.717) is 5.56 Å². The predicted molar refractivity (Wildman–Crippen MR) is 81.5 cm³/mol. The van der Waals surface area contributed by atoms with Gasteiger partial charge in [-0.3, -0.25) is 5.32 Å². The van der Waals surface area contributed by atoms with Crippen molar-refractivity contribution >= 4 is 12.1 Å². The molecule has 0 aliphatic carbocycles. The average Bonchev–Trinajstić information content (AvgIpc) is 2.56. The van der Waals surface area contributed by atoms with Gasteiger partial charge >= 0.3 is 18.2 Å². The molecule has 0 aromatic heterocycles. The van der Waals surface area contributed by atoms with Crippen LogP contribution >= 0.6 is 0 Å². The number of alkyl halides is 3. The number of aliphatic carboxylic acids is 1. The lowest BCUT2D eigenvalue weighted by Gasteiger charge is -2.32. The first-order valence-electron chi connectivity index (χ1n) is 7.32. The van der Waals surface area contributed by atoms with E-state index in [2.05, 4.69) is 4.74 Å². The van der Waals surface area contributed by atoms with Crippen molar-refractivity contribution in [1.82, 2.24) is 5.32 Å². The van der Waals surface area contributed by atoms with E-state index in [-0.39, 0.29) is 18.2 Å². The zero-order valence-electron chi connectivity index (χ0n) is 13.4. The molecule has 0 aliphatic heterocycles. The summed E-state index contributed by atoms with van der Waals surface area (Å²) in [6, 6.07) is 8.46. The molecule has 5 nitrogen and oxygen atoms in total. The summed E-state index contributed by atoms with van der Waals surface area (Å²) in [7, 11) is 0. The summed E-state index contributed by atoms with van der Waals surface area (Å²) in [5, 5.41) is 10.4. The monoisotopic (exact) mass is 389 g/mol. The van der Waals surface area contributed by atoms with Crippen molar-refractivity contribution in [2.24, 2.45) is 0 Å². The van der Waals surface area contributed by atoms with Crippen LogP contribution in [-0.4, -0.2) is 23.3 Å². The predicted octanol–water partition coefficient (Wildman–Crippen LogP) is 3.73. The van der Waals surface area contributed by atoms with Gasteiger partial charge in [-0.05, 0) is 17.7 Å². The van der Waals surface area contributed by atoms with Crippen LogP contribution < -0.4 is 5.32 Å². The van der Waals surface area contributed by atoms with Gasteiger partial charge in [0.15, 0.2) is 0 Å². The van der Waals surface area contributed by atoms with Crippen molar-refractivity contribution in [2.75, 3.05) is 0 Å². The summed E-state index contributed by atoms with van der Waals surface area (Å²) >= 11 is 0. The van der Waals surface area contributed by atoms with E-state index < -0.39 is 47.6 Å². The molecular formula is C17H12F5NO4. The smallest absolute Gasteiger partial charge is 0.426 e. The molecule has 0 aliphatic rings. The lowest BCUT2D eigenvalue weighted by atomic mass is 9.89. The van der Waals surface area contributed by atoms with Crippen LogP contribution in [0.25, 0.3) is 0 Å². The standard InChI is InChI=1S/C17H12F5NO4/c18-12-6-11(7-13(19)8-12)16(14(24)25,17(20,21)22)23-15(26)27-9-10-4-2-1-3-5-10/h1-8H,9H2,(H,23,26)(H,24,25). The number of amides is 1. The number of carbonyl (C=O) groups is 2. The molecule has 144 valence electrons. The highest BCUT2D eigenvalue weighted by Crippen LogP contribution is 2.40. The Morgan fingerprint density at radius 1 is 1.00 bits per heavy atom. The maximum Gasteiger partial charge on any atom is 0.426 e. The zero-order chi connectivity index (χ0) is 20.2. The van der Waals surface area contributed by atoms with Crippen LogP contribution in [0.15, 0.2) is 48.5 Å². The van der Waals surface area contributed by atoms with Crippen LogP contribution in [0.3, 0.4) is 0 Å². The summed E-state index contributed by atoms with van der Waals surface area (Å²) < 4.78 is 72.2. The van der Waals surface area contributed by atoms with Crippen LogP contribution in [0.4, 0.5) is 26.7 Å². The molecule has 1 unspecified atom stereocenters. The van der Waals surface area contributed by atoms with Crippen molar-refractivity contribution in [3.05, 3.63) is 71.3 Å². The normalized spacial score (nSPS) is 13.5. The van der Waals surface area contributed by atoms with E-state index in [1.165, 1.54) is 17.4 Å². The second-order valence-electron chi connectivity index (χ2n) is 5.40. The topological polar surface area (TPSA) is 75.6 Å². The highest BCUT2D eigenvalue weighted by Gasteiger charge is 2.64. The number of carboxylic acids is 1. The van der Waals surface area contributed by atoms with Crippen molar-refractivity contribution in [3.8, 4) is 0 Å². The first-order valence-corrected chi connectivity index (χ1v) is 7.32. The molecule has 0 spiro atoms. The average molecular weight is 389 g/mol. The van der Waals surface area contributed by atoms with Gasteiger partial charge in [0, 0.05) is 11.6 Å². The fourth-order valence-corrected chi connectivity index (χ4v) is 2.29. The molecule has 0 saturated carbocycles. The minimum atomic E-state index is -5.63. The first-order chi connectivity index (χ1) is 12.6. The van der Waals surface area contributed by atoms with Gasteiger partial charge in [-0.25, -0.2) is 18.4 Å². The fourth-order valence-electron chi connectivity index (χ4n) is 2.29. The zero-order valence-corrected chi connectivity index (χ0v) is 13.4. The third-order valence-electron chi connectivity index (χ3n) is 3.54. The molecule has 2 rings (SSSR count). The molecule has 0 radical (unpaired) electrons. The van der Waals surface area contributed by atoms with E-state index >= 15 is 0 Å². The van der Waals surface area contributed by atoms with Crippen molar-refractivity contribution in [3.63, 3.8) is 0 Å². The van der Waals surface area contributed by atoms with Gasteiger partial charge < -0.3 is 9.84 Å². The number of halogens is 5. The van der Waals surface area contributed by atoms with E-state index in [0.717, 1.165) is 0 Å². The largest absolute Gasteiger partial charge is 0.479 e. The molecular weight excluding hydrogens is 377 g/mol. The van der Waals surface area contributed by atoms with Crippen molar-refractivity contribution < 1.29 is 41.4 Å².